The van der Waals surface area contributed by atoms with Crippen molar-refractivity contribution in [3.8, 4) is 0 Å². The summed E-state index contributed by atoms with van der Waals surface area (Å²) in [5.74, 6) is 0.143. The highest BCUT2D eigenvalue weighted by Crippen LogP contribution is 2.32. The number of alkyl halides is 3. The average molecular weight is 263 g/mol. The van der Waals surface area contributed by atoms with Gasteiger partial charge in [-0.3, -0.25) is 0 Å². The third kappa shape index (κ3) is 3.44. The quantitative estimate of drug-likeness (QED) is 0.910. The van der Waals surface area contributed by atoms with Gasteiger partial charge >= 0.3 is 6.18 Å². The normalized spacial score (nSPS) is 25.3. The van der Waals surface area contributed by atoms with Crippen LogP contribution >= 0.6 is 0 Å². The monoisotopic (exact) mass is 263 g/mol. The maximum absolute atomic E-state index is 12.2. The fourth-order valence-electron chi connectivity index (χ4n) is 2.36. The van der Waals surface area contributed by atoms with Crippen molar-refractivity contribution in [3.63, 3.8) is 0 Å². The highest BCUT2D eigenvalue weighted by atomic mass is 19.4. The maximum Gasteiger partial charge on any atom is 0.396 e. The van der Waals surface area contributed by atoms with E-state index in [9.17, 15) is 13.2 Å². The van der Waals surface area contributed by atoms with Gasteiger partial charge in [-0.1, -0.05) is 11.6 Å². The van der Waals surface area contributed by atoms with E-state index in [1.807, 2.05) is 7.05 Å². The molecule has 7 heteroatoms. The van der Waals surface area contributed by atoms with Crippen molar-refractivity contribution >= 4 is 0 Å². The summed E-state index contributed by atoms with van der Waals surface area (Å²) in [4.78, 5) is 3.86. The molecule has 1 saturated carbocycles. The van der Waals surface area contributed by atoms with Crippen LogP contribution in [0.25, 0.3) is 0 Å². The van der Waals surface area contributed by atoms with Crippen molar-refractivity contribution in [2.45, 2.75) is 50.2 Å². The Labute approximate surface area is 103 Å². The molecule has 1 aliphatic rings. The van der Waals surface area contributed by atoms with Gasteiger partial charge in [0.25, 0.3) is 0 Å². The Balaban J connectivity index is 2.01. The zero-order valence-electron chi connectivity index (χ0n) is 10.1. The first-order chi connectivity index (χ1) is 8.48. The summed E-state index contributed by atoms with van der Waals surface area (Å²) in [5.41, 5.74) is 0. The van der Waals surface area contributed by atoms with Crippen LogP contribution in [-0.2, 0) is 6.42 Å². The predicted octanol–water partition coefficient (Wildman–Crippen LogP) is 2.42. The fourth-order valence-corrected chi connectivity index (χ4v) is 2.36. The van der Waals surface area contributed by atoms with Gasteiger partial charge in [0.1, 0.15) is 6.42 Å². The van der Waals surface area contributed by atoms with Crippen molar-refractivity contribution in [1.29, 1.82) is 0 Å². The van der Waals surface area contributed by atoms with E-state index in [0.717, 1.165) is 25.7 Å². The molecule has 1 aliphatic carbocycles. The second kappa shape index (κ2) is 5.26. The smallest absolute Gasteiger partial charge is 0.339 e. The lowest BCUT2D eigenvalue weighted by Gasteiger charge is -2.26. The van der Waals surface area contributed by atoms with Crippen LogP contribution in [0, 0.1) is 0 Å². The SMILES string of the molecule is CNC1CCCC(c2nc(CC(F)(F)F)no2)C1. The Morgan fingerprint density at radius 2 is 2.17 bits per heavy atom. The summed E-state index contributed by atoms with van der Waals surface area (Å²) in [7, 11) is 1.88. The molecule has 0 saturated heterocycles. The largest absolute Gasteiger partial charge is 0.396 e. The lowest BCUT2D eigenvalue weighted by Crippen LogP contribution is -2.30. The van der Waals surface area contributed by atoms with Crippen LogP contribution in [0.15, 0.2) is 4.52 Å². The first-order valence-electron chi connectivity index (χ1n) is 6.04. The minimum Gasteiger partial charge on any atom is -0.339 e. The summed E-state index contributed by atoms with van der Waals surface area (Å²) < 4.78 is 41.5. The van der Waals surface area contributed by atoms with E-state index in [1.54, 1.807) is 0 Å². The van der Waals surface area contributed by atoms with Crippen molar-refractivity contribution in [1.82, 2.24) is 15.5 Å². The molecule has 1 aromatic heterocycles. The molecule has 0 bridgehead atoms. The molecule has 4 nitrogen and oxygen atoms in total. The molecule has 1 aromatic rings. The van der Waals surface area contributed by atoms with E-state index in [2.05, 4.69) is 15.5 Å². The van der Waals surface area contributed by atoms with Crippen LogP contribution in [0.2, 0.25) is 0 Å². The molecule has 2 atom stereocenters. The zero-order valence-corrected chi connectivity index (χ0v) is 10.1. The van der Waals surface area contributed by atoms with Crippen LogP contribution in [-0.4, -0.2) is 29.4 Å². The van der Waals surface area contributed by atoms with Crippen LogP contribution < -0.4 is 5.32 Å². The Morgan fingerprint density at radius 3 is 2.83 bits per heavy atom. The van der Waals surface area contributed by atoms with Crippen molar-refractivity contribution in [2.24, 2.45) is 0 Å². The highest BCUT2D eigenvalue weighted by Gasteiger charge is 2.32. The van der Waals surface area contributed by atoms with Crippen molar-refractivity contribution < 1.29 is 17.7 Å². The van der Waals surface area contributed by atoms with E-state index >= 15 is 0 Å². The molecular weight excluding hydrogens is 247 g/mol. The summed E-state index contributed by atoms with van der Waals surface area (Å²) in [6, 6.07) is 0.377. The van der Waals surface area contributed by atoms with Gasteiger partial charge in [0.15, 0.2) is 5.82 Å². The van der Waals surface area contributed by atoms with Gasteiger partial charge in [0.05, 0.1) is 0 Å². The molecule has 1 heterocycles. The maximum atomic E-state index is 12.2. The van der Waals surface area contributed by atoms with Crippen LogP contribution in [0.4, 0.5) is 13.2 Å². The standard InChI is InChI=1S/C11H16F3N3O/c1-15-8-4-2-3-7(5-8)10-16-9(17-18-10)6-11(12,13)14/h7-8,15H,2-6H2,1H3. The first-order valence-corrected chi connectivity index (χ1v) is 6.04. The van der Waals surface area contributed by atoms with E-state index in [4.69, 9.17) is 4.52 Å². The minimum absolute atomic E-state index is 0.0747. The van der Waals surface area contributed by atoms with Crippen molar-refractivity contribution in [2.75, 3.05) is 7.05 Å². The summed E-state index contributed by atoms with van der Waals surface area (Å²) in [6.07, 6.45) is -1.58. The van der Waals surface area contributed by atoms with E-state index in [1.165, 1.54) is 0 Å². The lowest BCUT2D eigenvalue weighted by atomic mass is 9.86. The van der Waals surface area contributed by atoms with Gasteiger partial charge < -0.3 is 9.84 Å². The number of halogens is 3. The summed E-state index contributed by atoms with van der Waals surface area (Å²) >= 11 is 0. The first kappa shape index (κ1) is 13.3. The van der Waals surface area contributed by atoms with Crippen LogP contribution in [0.3, 0.4) is 0 Å². The second-order valence-electron chi connectivity index (χ2n) is 4.69. The third-order valence-corrected chi connectivity index (χ3v) is 3.27. The average Bonchev–Trinajstić information content (AvgIpc) is 2.75. The zero-order chi connectivity index (χ0) is 13.2. The molecule has 18 heavy (non-hydrogen) atoms. The second-order valence-corrected chi connectivity index (χ2v) is 4.69. The van der Waals surface area contributed by atoms with E-state index in [0.29, 0.717) is 11.9 Å². The van der Waals surface area contributed by atoms with E-state index in [-0.39, 0.29) is 11.7 Å². The topological polar surface area (TPSA) is 51.0 Å². The number of nitrogens with one attached hydrogen (secondary N) is 1. The van der Waals surface area contributed by atoms with Gasteiger partial charge in [-0.15, -0.1) is 0 Å². The van der Waals surface area contributed by atoms with Gasteiger partial charge in [0.2, 0.25) is 5.89 Å². The molecule has 0 spiro atoms. The van der Waals surface area contributed by atoms with Gasteiger partial charge in [-0.2, -0.15) is 18.2 Å². The number of hydrogen-bond acceptors (Lipinski definition) is 4. The fraction of sp³-hybridized carbons (Fsp3) is 0.818. The molecule has 2 rings (SSSR count). The molecule has 0 aliphatic heterocycles. The Bertz CT molecular complexity index is 391. The highest BCUT2D eigenvalue weighted by molar-refractivity contribution is 4.98. The number of aromatic nitrogens is 2. The van der Waals surface area contributed by atoms with E-state index < -0.39 is 12.6 Å². The Kier molecular flexibility index (Phi) is 3.89. The van der Waals surface area contributed by atoms with Crippen LogP contribution in [0.1, 0.15) is 43.3 Å². The lowest BCUT2D eigenvalue weighted by molar-refractivity contribution is -0.128. The molecule has 1 N–H and O–H groups in total. The van der Waals surface area contributed by atoms with Gasteiger partial charge in [-0.25, -0.2) is 0 Å². The third-order valence-electron chi connectivity index (χ3n) is 3.27. The molecule has 0 amide bonds. The molecule has 0 radical (unpaired) electrons. The van der Waals surface area contributed by atoms with Crippen LogP contribution in [0.5, 0.6) is 0 Å². The molecule has 102 valence electrons. The Hall–Kier alpha value is -1.11. The summed E-state index contributed by atoms with van der Waals surface area (Å²) in [5, 5.41) is 6.58. The minimum atomic E-state index is -4.29. The predicted molar refractivity (Wildman–Crippen MR) is 58.1 cm³/mol. The van der Waals surface area contributed by atoms with Gasteiger partial charge in [-0.05, 0) is 26.3 Å². The number of rotatable bonds is 3. The molecule has 2 unspecified atom stereocenters. The molecule has 1 fully saturated rings. The van der Waals surface area contributed by atoms with Gasteiger partial charge in [0, 0.05) is 12.0 Å². The number of hydrogen-bond donors (Lipinski definition) is 1. The molecule has 0 aromatic carbocycles. The van der Waals surface area contributed by atoms with Crippen molar-refractivity contribution in [3.05, 3.63) is 11.7 Å². The number of nitrogens with zero attached hydrogens (tertiary/aromatic N) is 2. The molecular formula is C11H16F3N3O. The summed E-state index contributed by atoms with van der Waals surface area (Å²) in [6.45, 7) is 0. The Morgan fingerprint density at radius 1 is 1.39 bits per heavy atom.